The molecule has 2 aromatic rings. The second-order valence-corrected chi connectivity index (χ2v) is 9.09. The summed E-state index contributed by atoms with van der Waals surface area (Å²) in [5, 5.41) is 3.06. The van der Waals surface area contributed by atoms with E-state index in [1.807, 2.05) is 24.0 Å². The molecule has 164 valence electrons. The summed E-state index contributed by atoms with van der Waals surface area (Å²) >= 11 is 0. The minimum atomic E-state index is -0.555. The van der Waals surface area contributed by atoms with Crippen LogP contribution in [0.5, 0.6) is 0 Å². The zero-order valence-electron chi connectivity index (χ0n) is 18.5. The molecule has 5 nitrogen and oxygen atoms in total. The molecule has 0 bridgehead atoms. The highest BCUT2D eigenvalue weighted by atomic mass is 16.2. The van der Waals surface area contributed by atoms with Gasteiger partial charge in [-0.1, -0.05) is 37.1 Å². The lowest BCUT2D eigenvalue weighted by molar-refractivity contribution is -0.144. The lowest BCUT2D eigenvalue weighted by atomic mass is 9.73. The Morgan fingerprint density at radius 2 is 1.71 bits per heavy atom. The number of rotatable bonds is 6. The zero-order chi connectivity index (χ0) is 21.7. The molecule has 1 N–H and O–H groups in total. The smallest absolute Gasteiger partial charge is 0.228 e. The van der Waals surface area contributed by atoms with Crippen molar-refractivity contribution in [1.82, 2.24) is 15.2 Å². The topological polar surface area (TPSA) is 62.3 Å². The average Bonchev–Trinajstić information content (AvgIpc) is 3.35. The number of carbonyl (C=O) groups is 2. The van der Waals surface area contributed by atoms with Gasteiger partial charge in [0.25, 0.3) is 0 Å². The maximum Gasteiger partial charge on any atom is 0.228 e. The number of piperidine rings is 1. The average molecular weight is 420 g/mol. The fraction of sp³-hybridized carbons (Fsp3) is 0.500. The van der Waals surface area contributed by atoms with Gasteiger partial charge in [-0.3, -0.25) is 14.6 Å². The minimum absolute atomic E-state index is 0.0807. The number of benzene rings is 1. The van der Waals surface area contributed by atoms with Gasteiger partial charge in [0.1, 0.15) is 0 Å². The Morgan fingerprint density at radius 1 is 1.03 bits per heavy atom. The number of pyridine rings is 1. The molecule has 4 rings (SSSR count). The molecule has 1 atom stereocenters. The van der Waals surface area contributed by atoms with Gasteiger partial charge in [-0.2, -0.15) is 0 Å². The predicted molar refractivity (Wildman–Crippen MR) is 122 cm³/mol. The first-order valence-corrected chi connectivity index (χ1v) is 11.7. The molecule has 1 saturated heterocycles. The predicted octanol–water partition coefficient (Wildman–Crippen LogP) is 4.23. The van der Waals surface area contributed by atoms with Crippen LogP contribution >= 0.6 is 0 Å². The number of likely N-dealkylation sites (tertiary alicyclic amines) is 1. The molecule has 31 heavy (non-hydrogen) atoms. The maximum atomic E-state index is 13.2. The van der Waals surface area contributed by atoms with Crippen LogP contribution in [0.2, 0.25) is 0 Å². The van der Waals surface area contributed by atoms with Crippen molar-refractivity contribution in [3.05, 3.63) is 54.4 Å². The van der Waals surface area contributed by atoms with Crippen molar-refractivity contribution >= 4 is 11.8 Å². The molecule has 2 amide bonds. The molecular formula is C26H33N3O2. The zero-order valence-corrected chi connectivity index (χ0v) is 18.5. The molecule has 1 aromatic carbocycles. The minimum Gasteiger partial charge on any atom is -0.356 e. The molecular weight excluding hydrogens is 386 g/mol. The van der Waals surface area contributed by atoms with Crippen LogP contribution in [0.1, 0.15) is 51.0 Å². The van der Waals surface area contributed by atoms with Gasteiger partial charge in [0.2, 0.25) is 11.8 Å². The highest BCUT2D eigenvalue weighted by Gasteiger charge is 2.44. The highest BCUT2D eigenvalue weighted by molar-refractivity contribution is 5.85. The molecule has 2 fully saturated rings. The molecule has 2 aliphatic rings. The molecule has 1 aromatic heterocycles. The van der Waals surface area contributed by atoms with Gasteiger partial charge in [0, 0.05) is 37.9 Å². The van der Waals surface area contributed by atoms with Crippen molar-refractivity contribution in [1.29, 1.82) is 0 Å². The quantitative estimate of drug-likeness (QED) is 0.762. The van der Waals surface area contributed by atoms with Gasteiger partial charge in [0.05, 0.1) is 5.41 Å². The lowest BCUT2D eigenvalue weighted by Gasteiger charge is -2.42. The van der Waals surface area contributed by atoms with Crippen LogP contribution in [0.25, 0.3) is 11.1 Å². The summed E-state index contributed by atoms with van der Waals surface area (Å²) in [6.07, 6.45) is 10.2. The molecule has 2 heterocycles. The first-order chi connectivity index (χ1) is 15.1. The number of nitrogens with one attached hydrogen (secondary N) is 1. The van der Waals surface area contributed by atoms with Crippen molar-refractivity contribution in [2.75, 3.05) is 19.6 Å². The van der Waals surface area contributed by atoms with E-state index >= 15 is 0 Å². The Kier molecular flexibility index (Phi) is 6.69. The van der Waals surface area contributed by atoms with E-state index in [4.69, 9.17) is 0 Å². The van der Waals surface area contributed by atoms with Crippen LogP contribution in [-0.4, -0.2) is 41.3 Å². The van der Waals surface area contributed by atoms with Crippen LogP contribution in [0.15, 0.2) is 48.8 Å². The standard InChI is InChI=1S/C26H33N3O2/c1-2-28-25(31)26(14-5-17-29(19-26)24(30)23-6-3-4-7-23)18-20-8-10-21(11-9-20)22-12-15-27-16-13-22/h8-13,15-16,23H,2-7,14,17-19H2,1H3,(H,28,31). The Morgan fingerprint density at radius 3 is 2.39 bits per heavy atom. The molecule has 5 heteroatoms. The fourth-order valence-electron chi connectivity index (χ4n) is 5.26. The highest BCUT2D eigenvalue weighted by Crippen LogP contribution is 2.37. The van der Waals surface area contributed by atoms with Gasteiger partial charge < -0.3 is 10.2 Å². The first-order valence-electron chi connectivity index (χ1n) is 11.7. The number of hydrogen-bond acceptors (Lipinski definition) is 3. The van der Waals surface area contributed by atoms with E-state index in [1.54, 1.807) is 12.4 Å². The summed E-state index contributed by atoms with van der Waals surface area (Å²) in [4.78, 5) is 32.4. The third kappa shape index (κ3) is 4.81. The number of aromatic nitrogens is 1. The van der Waals surface area contributed by atoms with Crippen molar-refractivity contribution < 1.29 is 9.59 Å². The van der Waals surface area contributed by atoms with Crippen LogP contribution in [0, 0.1) is 11.3 Å². The first kappa shape index (κ1) is 21.5. The molecule has 0 radical (unpaired) electrons. The van der Waals surface area contributed by atoms with E-state index in [1.165, 1.54) is 0 Å². The Labute approximate surface area is 185 Å². The summed E-state index contributed by atoms with van der Waals surface area (Å²) in [5.41, 5.74) is 2.85. The molecule has 1 saturated carbocycles. The van der Waals surface area contributed by atoms with Crippen LogP contribution in [0.4, 0.5) is 0 Å². The van der Waals surface area contributed by atoms with E-state index in [0.717, 1.165) is 61.8 Å². The van der Waals surface area contributed by atoms with E-state index in [-0.39, 0.29) is 17.7 Å². The summed E-state index contributed by atoms with van der Waals surface area (Å²) in [6.45, 7) is 3.87. The van der Waals surface area contributed by atoms with Crippen LogP contribution in [0.3, 0.4) is 0 Å². The van der Waals surface area contributed by atoms with Crippen LogP contribution < -0.4 is 5.32 Å². The third-order valence-corrected chi connectivity index (χ3v) is 6.92. The SMILES string of the molecule is CCNC(=O)C1(Cc2ccc(-c3ccncc3)cc2)CCCN(C(=O)C2CCCC2)C1. The summed E-state index contributed by atoms with van der Waals surface area (Å²) in [7, 11) is 0. The lowest BCUT2D eigenvalue weighted by Crippen LogP contribution is -2.55. The van der Waals surface area contributed by atoms with Gasteiger partial charge in [0.15, 0.2) is 0 Å². The van der Waals surface area contributed by atoms with Gasteiger partial charge >= 0.3 is 0 Å². The van der Waals surface area contributed by atoms with Crippen molar-refractivity contribution in [3.8, 4) is 11.1 Å². The van der Waals surface area contributed by atoms with Crippen molar-refractivity contribution in [2.24, 2.45) is 11.3 Å². The number of amides is 2. The number of hydrogen-bond donors (Lipinski definition) is 1. The Hall–Kier alpha value is -2.69. The largest absolute Gasteiger partial charge is 0.356 e. The van der Waals surface area contributed by atoms with Gasteiger partial charge in [-0.15, -0.1) is 0 Å². The second kappa shape index (κ2) is 9.63. The molecule has 1 aliphatic carbocycles. The second-order valence-electron chi connectivity index (χ2n) is 9.09. The monoisotopic (exact) mass is 419 g/mol. The summed E-state index contributed by atoms with van der Waals surface area (Å²) in [5.74, 6) is 0.501. The maximum absolute atomic E-state index is 13.2. The van der Waals surface area contributed by atoms with Crippen molar-refractivity contribution in [2.45, 2.75) is 51.9 Å². The molecule has 1 aliphatic heterocycles. The van der Waals surface area contributed by atoms with Crippen molar-refractivity contribution in [3.63, 3.8) is 0 Å². The summed E-state index contributed by atoms with van der Waals surface area (Å²) < 4.78 is 0. The number of carbonyl (C=O) groups excluding carboxylic acids is 2. The van der Waals surface area contributed by atoms with Gasteiger partial charge in [-0.25, -0.2) is 0 Å². The molecule has 1 unspecified atom stereocenters. The van der Waals surface area contributed by atoms with E-state index < -0.39 is 5.41 Å². The van der Waals surface area contributed by atoms with E-state index in [0.29, 0.717) is 19.5 Å². The molecule has 0 spiro atoms. The Balaban J connectivity index is 1.54. The third-order valence-electron chi connectivity index (χ3n) is 6.92. The fourth-order valence-corrected chi connectivity index (χ4v) is 5.26. The van der Waals surface area contributed by atoms with E-state index in [9.17, 15) is 9.59 Å². The van der Waals surface area contributed by atoms with Gasteiger partial charge in [-0.05, 0) is 67.9 Å². The normalized spacial score (nSPS) is 21.8. The Bertz CT molecular complexity index is 891. The van der Waals surface area contributed by atoms with Crippen LogP contribution in [-0.2, 0) is 16.0 Å². The van der Waals surface area contributed by atoms with E-state index in [2.05, 4.69) is 34.6 Å². The number of nitrogens with zero attached hydrogens (tertiary/aromatic N) is 2. The summed E-state index contributed by atoms with van der Waals surface area (Å²) in [6, 6.07) is 12.5.